The molecule has 0 spiro atoms. The minimum absolute atomic E-state index is 0.0773. The first kappa shape index (κ1) is 13.5. The van der Waals surface area contributed by atoms with Gasteiger partial charge in [0.1, 0.15) is 6.61 Å². The average molecular weight is 229 g/mol. The van der Waals surface area contributed by atoms with Gasteiger partial charge in [-0.1, -0.05) is 19.3 Å². The van der Waals surface area contributed by atoms with Crippen LogP contribution in [0.1, 0.15) is 38.5 Å². The van der Waals surface area contributed by atoms with Crippen LogP contribution in [-0.4, -0.2) is 37.4 Å². The fraction of sp³-hybridized carbons (Fsp3) is 0.917. The van der Waals surface area contributed by atoms with E-state index in [4.69, 9.17) is 9.84 Å². The number of methoxy groups -OCH3 is 1. The predicted molar refractivity (Wildman–Crippen MR) is 62.1 cm³/mol. The summed E-state index contributed by atoms with van der Waals surface area (Å²) >= 11 is 0. The highest BCUT2D eigenvalue weighted by Crippen LogP contribution is 2.27. The summed E-state index contributed by atoms with van der Waals surface area (Å²) in [6, 6.07) is 0.118. The van der Waals surface area contributed by atoms with Crippen molar-refractivity contribution in [3.63, 3.8) is 0 Å². The predicted octanol–water partition coefficient (Wildman–Crippen LogP) is 1.08. The monoisotopic (exact) mass is 229 g/mol. The van der Waals surface area contributed by atoms with Crippen LogP contribution in [-0.2, 0) is 9.53 Å². The summed E-state index contributed by atoms with van der Waals surface area (Å²) in [4.78, 5) is 11.5. The van der Waals surface area contributed by atoms with E-state index in [0.717, 1.165) is 12.8 Å². The number of carbonyl (C=O) groups excluding carboxylic acids is 1. The van der Waals surface area contributed by atoms with Crippen LogP contribution in [0.25, 0.3) is 0 Å². The molecular weight excluding hydrogens is 206 g/mol. The largest absolute Gasteiger partial charge is 0.396 e. The van der Waals surface area contributed by atoms with E-state index in [1.165, 1.54) is 26.4 Å². The Bertz CT molecular complexity index is 202. The van der Waals surface area contributed by atoms with Crippen molar-refractivity contribution >= 4 is 5.91 Å². The topological polar surface area (TPSA) is 58.6 Å². The van der Waals surface area contributed by atoms with Crippen LogP contribution in [0.15, 0.2) is 0 Å². The molecule has 1 saturated carbocycles. The second-order valence-corrected chi connectivity index (χ2v) is 4.52. The standard InChI is InChI=1S/C12H23NO3/c1-16-9-12(15)13-11(7-8-14)10-5-3-2-4-6-10/h10-11,14H,2-9H2,1H3,(H,13,15). The molecule has 1 fully saturated rings. The van der Waals surface area contributed by atoms with E-state index >= 15 is 0 Å². The van der Waals surface area contributed by atoms with E-state index in [-0.39, 0.29) is 25.2 Å². The van der Waals surface area contributed by atoms with Gasteiger partial charge in [-0.25, -0.2) is 0 Å². The zero-order valence-corrected chi connectivity index (χ0v) is 10.1. The maximum Gasteiger partial charge on any atom is 0.246 e. The molecule has 1 aliphatic rings. The molecule has 0 aromatic heterocycles. The Kier molecular flexibility index (Phi) is 6.42. The van der Waals surface area contributed by atoms with E-state index in [1.54, 1.807) is 0 Å². The molecule has 0 heterocycles. The molecule has 1 unspecified atom stereocenters. The van der Waals surface area contributed by atoms with Gasteiger partial charge < -0.3 is 15.2 Å². The zero-order chi connectivity index (χ0) is 11.8. The normalized spacial score (nSPS) is 19.4. The van der Waals surface area contributed by atoms with Crippen LogP contribution < -0.4 is 5.32 Å². The average Bonchev–Trinajstić information content (AvgIpc) is 2.30. The fourth-order valence-corrected chi connectivity index (χ4v) is 2.48. The summed E-state index contributed by atoms with van der Waals surface area (Å²) in [6.45, 7) is 0.239. The molecule has 16 heavy (non-hydrogen) atoms. The van der Waals surface area contributed by atoms with Gasteiger partial charge in [-0.3, -0.25) is 4.79 Å². The van der Waals surface area contributed by atoms with Crippen molar-refractivity contribution in [2.24, 2.45) is 5.92 Å². The molecule has 0 aromatic carbocycles. The zero-order valence-electron chi connectivity index (χ0n) is 10.1. The minimum Gasteiger partial charge on any atom is -0.396 e. The van der Waals surface area contributed by atoms with Gasteiger partial charge in [0.05, 0.1) is 0 Å². The molecule has 4 nitrogen and oxygen atoms in total. The van der Waals surface area contributed by atoms with Gasteiger partial charge in [-0.05, 0) is 25.2 Å². The number of aliphatic hydroxyl groups excluding tert-OH is 1. The van der Waals surface area contributed by atoms with Gasteiger partial charge in [0.15, 0.2) is 0 Å². The second-order valence-electron chi connectivity index (χ2n) is 4.52. The Morgan fingerprint density at radius 3 is 2.69 bits per heavy atom. The number of aliphatic hydroxyl groups is 1. The lowest BCUT2D eigenvalue weighted by molar-refractivity contribution is -0.126. The number of hydrogen-bond donors (Lipinski definition) is 2. The SMILES string of the molecule is COCC(=O)NC(CCO)C1CCCCC1. The van der Waals surface area contributed by atoms with E-state index in [0.29, 0.717) is 12.3 Å². The molecule has 0 aromatic rings. The van der Waals surface area contributed by atoms with Crippen LogP contribution in [0.4, 0.5) is 0 Å². The van der Waals surface area contributed by atoms with Crippen LogP contribution in [0, 0.1) is 5.92 Å². The van der Waals surface area contributed by atoms with Crippen molar-refractivity contribution in [2.75, 3.05) is 20.3 Å². The number of hydrogen-bond acceptors (Lipinski definition) is 3. The van der Waals surface area contributed by atoms with Gasteiger partial charge >= 0.3 is 0 Å². The number of ether oxygens (including phenoxy) is 1. The molecule has 0 saturated heterocycles. The molecular formula is C12H23NO3. The van der Waals surface area contributed by atoms with Gasteiger partial charge in [-0.15, -0.1) is 0 Å². The van der Waals surface area contributed by atoms with Crippen LogP contribution >= 0.6 is 0 Å². The highest BCUT2D eigenvalue weighted by atomic mass is 16.5. The molecule has 1 rings (SSSR count). The summed E-state index contributed by atoms with van der Waals surface area (Å²) < 4.78 is 4.80. The lowest BCUT2D eigenvalue weighted by atomic mass is 9.83. The molecule has 1 amide bonds. The Balaban J connectivity index is 2.41. The summed E-state index contributed by atoms with van der Waals surface area (Å²) in [5.41, 5.74) is 0. The van der Waals surface area contributed by atoms with Crippen molar-refractivity contribution < 1.29 is 14.6 Å². The van der Waals surface area contributed by atoms with E-state index in [1.807, 2.05) is 0 Å². The molecule has 0 bridgehead atoms. The third-order valence-corrected chi connectivity index (χ3v) is 3.28. The summed E-state index contributed by atoms with van der Waals surface area (Å²) in [7, 11) is 1.52. The quantitative estimate of drug-likeness (QED) is 0.716. The van der Waals surface area contributed by atoms with Gasteiger partial charge in [0.2, 0.25) is 5.91 Å². The smallest absolute Gasteiger partial charge is 0.246 e. The first-order valence-electron chi connectivity index (χ1n) is 6.17. The van der Waals surface area contributed by atoms with Crippen molar-refractivity contribution in [3.05, 3.63) is 0 Å². The van der Waals surface area contributed by atoms with E-state index < -0.39 is 0 Å². The first-order valence-corrected chi connectivity index (χ1v) is 6.17. The van der Waals surface area contributed by atoms with Crippen LogP contribution in [0.5, 0.6) is 0 Å². The second kappa shape index (κ2) is 7.63. The fourth-order valence-electron chi connectivity index (χ4n) is 2.48. The summed E-state index contributed by atoms with van der Waals surface area (Å²) in [5.74, 6) is 0.452. The Hall–Kier alpha value is -0.610. The van der Waals surface area contributed by atoms with Crippen molar-refractivity contribution in [1.82, 2.24) is 5.32 Å². The lowest BCUT2D eigenvalue weighted by Crippen LogP contribution is -2.43. The highest BCUT2D eigenvalue weighted by Gasteiger charge is 2.24. The van der Waals surface area contributed by atoms with Gasteiger partial charge in [-0.2, -0.15) is 0 Å². The van der Waals surface area contributed by atoms with Crippen molar-refractivity contribution in [3.8, 4) is 0 Å². The highest BCUT2D eigenvalue weighted by molar-refractivity contribution is 5.77. The van der Waals surface area contributed by atoms with Gasteiger partial charge in [0.25, 0.3) is 0 Å². The van der Waals surface area contributed by atoms with E-state index in [2.05, 4.69) is 5.32 Å². The number of amides is 1. The molecule has 0 radical (unpaired) electrons. The summed E-state index contributed by atoms with van der Waals surface area (Å²) in [6.07, 6.45) is 6.77. The molecule has 94 valence electrons. The summed E-state index contributed by atoms with van der Waals surface area (Å²) in [5, 5.41) is 12.0. The number of nitrogens with one attached hydrogen (secondary N) is 1. The first-order chi connectivity index (χ1) is 7.77. The third-order valence-electron chi connectivity index (χ3n) is 3.28. The Morgan fingerprint density at radius 2 is 2.12 bits per heavy atom. The Labute approximate surface area is 97.4 Å². The number of rotatable bonds is 6. The minimum atomic E-state index is -0.0773. The third kappa shape index (κ3) is 4.49. The molecule has 1 aliphatic carbocycles. The number of carbonyl (C=O) groups is 1. The van der Waals surface area contributed by atoms with E-state index in [9.17, 15) is 4.79 Å². The van der Waals surface area contributed by atoms with Crippen molar-refractivity contribution in [1.29, 1.82) is 0 Å². The maximum atomic E-state index is 11.5. The molecule has 4 heteroatoms. The maximum absolute atomic E-state index is 11.5. The van der Waals surface area contributed by atoms with Crippen molar-refractivity contribution in [2.45, 2.75) is 44.6 Å². The molecule has 1 atom stereocenters. The van der Waals surface area contributed by atoms with Gasteiger partial charge in [0, 0.05) is 19.8 Å². The Morgan fingerprint density at radius 1 is 1.44 bits per heavy atom. The lowest BCUT2D eigenvalue weighted by Gasteiger charge is -2.30. The van der Waals surface area contributed by atoms with Crippen LogP contribution in [0.3, 0.4) is 0 Å². The van der Waals surface area contributed by atoms with Crippen LogP contribution in [0.2, 0.25) is 0 Å². The molecule has 2 N–H and O–H groups in total. The molecule has 0 aliphatic heterocycles.